The zero-order chi connectivity index (χ0) is 19.1. The van der Waals surface area contributed by atoms with E-state index in [1.54, 1.807) is 18.9 Å². The van der Waals surface area contributed by atoms with E-state index in [4.69, 9.17) is 9.47 Å². The van der Waals surface area contributed by atoms with Crippen molar-refractivity contribution < 1.29 is 9.47 Å². The highest BCUT2D eigenvalue weighted by Gasteiger charge is 2.26. The Balaban J connectivity index is 2.35. The van der Waals surface area contributed by atoms with Crippen LogP contribution in [0.4, 0.5) is 0 Å². The van der Waals surface area contributed by atoms with E-state index in [0.29, 0.717) is 16.9 Å². The first kappa shape index (κ1) is 17.2. The first-order valence-corrected chi connectivity index (χ1v) is 8.95. The van der Waals surface area contributed by atoms with Crippen LogP contribution >= 0.6 is 0 Å². The van der Waals surface area contributed by atoms with Gasteiger partial charge in [0.25, 0.3) is 5.56 Å². The minimum absolute atomic E-state index is 0.0392. The van der Waals surface area contributed by atoms with Gasteiger partial charge in [-0.05, 0) is 26.0 Å². The van der Waals surface area contributed by atoms with Gasteiger partial charge in [0.1, 0.15) is 16.7 Å². The average Bonchev–Trinajstić information content (AvgIpc) is 3.00. The molecule has 0 unspecified atom stereocenters. The highest BCUT2D eigenvalue weighted by atomic mass is 16.5. The van der Waals surface area contributed by atoms with E-state index in [1.165, 1.54) is 0 Å². The molecule has 0 aliphatic heterocycles. The molecule has 0 amide bonds. The molecule has 0 atom stereocenters. The Hall–Kier alpha value is -3.21. The van der Waals surface area contributed by atoms with Crippen LogP contribution < -0.4 is 15.0 Å². The second kappa shape index (κ2) is 6.50. The predicted molar refractivity (Wildman–Crippen MR) is 109 cm³/mol. The maximum absolute atomic E-state index is 13.5. The van der Waals surface area contributed by atoms with Crippen molar-refractivity contribution in [2.75, 3.05) is 14.2 Å². The number of methoxy groups -OCH3 is 2. The monoisotopic (exact) mass is 362 g/mol. The fraction of sp³-hybridized carbons (Fsp3) is 0.227. The predicted octanol–water partition coefficient (Wildman–Crippen LogP) is 4.54. The molecular formula is C22H22N2O3. The molecule has 0 spiro atoms. The standard InChI is InChI=1S/C22H22N2O3/c1-14(2)23-22(25)18-19(24(23)15-10-6-5-7-11-15)21(27-4)17-13-9-8-12-16(17)20(18)26-3/h5-14H,1-4H3. The fourth-order valence-corrected chi connectivity index (χ4v) is 3.78. The molecule has 27 heavy (non-hydrogen) atoms. The quantitative estimate of drug-likeness (QED) is 0.535. The Bertz CT molecular complexity index is 1190. The Kier molecular flexibility index (Phi) is 4.15. The van der Waals surface area contributed by atoms with E-state index in [1.807, 2.05) is 73.1 Å². The number of fused-ring (bicyclic) bond motifs is 2. The van der Waals surface area contributed by atoms with Gasteiger partial charge in [0.2, 0.25) is 0 Å². The van der Waals surface area contributed by atoms with Gasteiger partial charge in [0.05, 0.1) is 19.9 Å². The van der Waals surface area contributed by atoms with Crippen molar-refractivity contribution in [2.45, 2.75) is 19.9 Å². The van der Waals surface area contributed by atoms with Gasteiger partial charge in [-0.1, -0.05) is 42.5 Å². The van der Waals surface area contributed by atoms with Crippen LogP contribution in [-0.2, 0) is 0 Å². The number of aromatic nitrogens is 2. The Morgan fingerprint density at radius 2 is 1.37 bits per heavy atom. The van der Waals surface area contributed by atoms with E-state index >= 15 is 0 Å². The lowest BCUT2D eigenvalue weighted by Crippen LogP contribution is -2.24. The topological polar surface area (TPSA) is 45.4 Å². The molecule has 4 rings (SSSR count). The van der Waals surface area contributed by atoms with Gasteiger partial charge in [-0.2, -0.15) is 0 Å². The molecule has 0 saturated heterocycles. The van der Waals surface area contributed by atoms with Gasteiger partial charge in [0.15, 0.2) is 5.75 Å². The number of para-hydroxylation sites is 1. The van der Waals surface area contributed by atoms with Crippen molar-refractivity contribution in [1.29, 1.82) is 0 Å². The zero-order valence-corrected chi connectivity index (χ0v) is 15.9. The van der Waals surface area contributed by atoms with Gasteiger partial charge < -0.3 is 9.47 Å². The van der Waals surface area contributed by atoms with E-state index < -0.39 is 0 Å². The lowest BCUT2D eigenvalue weighted by Gasteiger charge is -2.17. The SMILES string of the molecule is COc1c2ccccc2c(OC)c2c1c(=O)n(C(C)C)n2-c1ccccc1. The molecular weight excluding hydrogens is 340 g/mol. The van der Waals surface area contributed by atoms with Crippen LogP contribution in [0.5, 0.6) is 11.5 Å². The second-order valence-corrected chi connectivity index (χ2v) is 6.73. The van der Waals surface area contributed by atoms with Crippen LogP contribution in [0.2, 0.25) is 0 Å². The third-order valence-corrected chi connectivity index (χ3v) is 4.84. The largest absolute Gasteiger partial charge is 0.495 e. The summed E-state index contributed by atoms with van der Waals surface area (Å²) >= 11 is 0. The van der Waals surface area contributed by atoms with Crippen LogP contribution in [0.15, 0.2) is 59.4 Å². The van der Waals surface area contributed by atoms with E-state index in [2.05, 4.69) is 0 Å². The first-order chi connectivity index (χ1) is 13.1. The van der Waals surface area contributed by atoms with E-state index in [9.17, 15) is 4.79 Å². The Morgan fingerprint density at radius 1 is 0.815 bits per heavy atom. The summed E-state index contributed by atoms with van der Waals surface area (Å²) in [5.74, 6) is 1.25. The summed E-state index contributed by atoms with van der Waals surface area (Å²) in [6.07, 6.45) is 0. The van der Waals surface area contributed by atoms with Gasteiger partial charge in [-0.25, -0.2) is 9.36 Å². The highest BCUT2D eigenvalue weighted by Crippen LogP contribution is 2.42. The molecule has 3 aromatic carbocycles. The van der Waals surface area contributed by atoms with E-state index in [0.717, 1.165) is 22.0 Å². The Labute approximate surface area is 157 Å². The van der Waals surface area contributed by atoms with E-state index in [-0.39, 0.29) is 11.6 Å². The minimum Gasteiger partial charge on any atom is -0.495 e. The summed E-state index contributed by atoms with van der Waals surface area (Å²) in [6.45, 7) is 4.00. The first-order valence-electron chi connectivity index (χ1n) is 8.95. The zero-order valence-electron chi connectivity index (χ0n) is 15.9. The molecule has 138 valence electrons. The summed E-state index contributed by atoms with van der Waals surface area (Å²) in [5.41, 5.74) is 1.52. The summed E-state index contributed by atoms with van der Waals surface area (Å²) in [4.78, 5) is 13.5. The smallest absolute Gasteiger partial charge is 0.279 e. The number of benzene rings is 3. The molecule has 5 heteroatoms. The van der Waals surface area contributed by atoms with Gasteiger partial charge in [-0.3, -0.25) is 4.79 Å². The number of nitrogens with zero attached hydrogens (tertiary/aromatic N) is 2. The molecule has 0 saturated carbocycles. The number of hydrogen-bond donors (Lipinski definition) is 0. The molecule has 0 aliphatic carbocycles. The molecule has 0 fully saturated rings. The van der Waals surface area contributed by atoms with Crippen LogP contribution in [-0.4, -0.2) is 23.6 Å². The molecule has 0 aliphatic rings. The average molecular weight is 362 g/mol. The second-order valence-electron chi connectivity index (χ2n) is 6.73. The van der Waals surface area contributed by atoms with Crippen molar-refractivity contribution in [1.82, 2.24) is 9.36 Å². The lowest BCUT2D eigenvalue weighted by molar-refractivity contribution is 0.415. The molecule has 4 aromatic rings. The van der Waals surface area contributed by atoms with Crippen LogP contribution in [0, 0.1) is 0 Å². The fourth-order valence-electron chi connectivity index (χ4n) is 3.78. The summed E-state index contributed by atoms with van der Waals surface area (Å²) in [6, 6.07) is 17.6. The lowest BCUT2D eigenvalue weighted by atomic mass is 10.0. The number of rotatable bonds is 4. The molecule has 1 aromatic heterocycles. The highest BCUT2D eigenvalue weighted by molar-refractivity contribution is 6.10. The number of hydrogen-bond acceptors (Lipinski definition) is 3. The maximum Gasteiger partial charge on any atom is 0.279 e. The maximum atomic E-state index is 13.5. The molecule has 0 bridgehead atoms. The van der Waals surface area contributed by atoms with Crippen molar-refractivity contribution >= 4 is 21.7 Å². The normalized spacial score (nSPS) is 11.4. The Morgan fingerprint density at radius 3 is 1.93 bits per heavy atom. The van der Waals surface area contributed by atoms with Crippen molar-refractivity contribution in [3.63, 3.8) is 0 Å². The summed E-state index contributed by atoms with van der Waals surface area (Å²) in [7, 11) is 3.24. The van der Waals surface area contributed by atoms with Crippen LogP contribution in [0.25, 0.3) is 27.4 Å². The van der Waals surface area contributed by atoms with Crippen molar-refractivity contribution in [3.05, 3.63) is 65.0 Å². The molecule has 0 radical (unpaired) electrons. The van der Waals surface area contributed by atoms with Crippen LogP contribution in [0.3, 0.4) is 0 Å². The molecule has 5 nitrogen and oxygen atoms in total. The molecule has 0 N–H and O–H groups in total. The number of ether oxygens (including phenoxy) is 2. The van der Waals surface area contributed by atoms with Gasteiger partial charge in [-0.15, -0.1) is 0 Å². The third-order valence-electron chi connectivity index (χ3n) is 4.84. The van der Waals surface area contributed by atoms with Crippen molar-refractivity contribution in [3.8, 4) is 17.2 Å². The summed E-state index contributed by atoms with van der Waals surface area (Å²) in [5, 5.41) is 2.31. The third kappa shape index (κ3) is 2.42. The van der Waals surface area contributed by atoms with Gasteiger partial charge in [0, 0.05) is 16.8 Å². The van der Waals surface area contributed by atoms with Crippen molar-refractivity contribution in [2.24, 2.45) is 0 Å². The molecule has 1 heterocycles. The van der Waals surface area contributed by atoms with Gasteiger partial charge >= 0.3 is 0 Å². The van der Waals surface area contributed by atoms with Crippen LogP contribution in [0.1, 0.15) is 19.9 Å². The minimum atomic E-state index is -0.0928. The summed E-state index contributed by atoms with van der Waals surface area (Å²) < 4.78 is 15.2.